The average Bonchev–Trinajstić information content (AvgIpc) is 2.91. The molecule has 36 heavy (non-hydrogen) atoms. The Kier molecular flexibility index (Phi) is 5.73. The van der Waals surface area contributed by atoms with Crippen molar-refractivity contribution < 1.29 is 29.3 Å². The molecule has 5 aromatic rings. The van der Waals surface area contributed by atoms with E-state index in [1.54, 1.807) is 48.5 Å². The number of phenols is 3. The van der Waals surface area contributed by atoms with Crippen molar-refractivity contribution in [3.63, 3.8) is 0 Å². The Morgan fingerprint density at radius 3 is 2.47 bits per heavy atom. The molecule has 3 aromatic carbocycles. The topological polar surface area (TPSA) is 143 Å². The highest BCUT2D eigenvalue weighted by atomic mass is 16.5. The van der Waals surface area contributed by atoms with Crippen molar-refractivity contribution in [1.29, 1.82) is 0 Å². The molecule has 0 saturated heterocycles. The minimum atomic E-state index is -0.985. The summed E-state index contributed by atoms with van der Waals surface area (Å²) in [6.45, 7) is 0. The summed E-state index contributed by atoms with van der Waals surface area (Å²) in [6.07, 6.45) is 2.71. The van der Waals surface area contributed by atoms with Crippen LogP contribution in [0.2, 0.25) is 0 Å². The number of nitrogens with zero attached hydrogens (tertiary/aromatic N) is 2. The fourth-order valence-electron chi connectivity index (χ4n) is 4.35. The molecule has 0 bridgehead atoms. The van der Waals surface area contributed by atoms with Crippen molar-refractivity contribution in [2.45, 2.75) is 12.3 Å². The summed E-state index contributed by atoms with van der Waals surface area (Å²) >= 11 is 0. The summed E-state index contributed by atoms with van der Waals surface area (Å²) in [7, 11) is 1.22. The quantitative estimate of drug-likeness (QED) is 0.247. The molecule has 0 saturated carbocycles. The predicted octanol–water partition coefficient (Wildman–Crippen LogP) is 4.22. The van der Waals surface area contributed by atoms with Gasteiger partial charge in [0.25, 0.3) is 0 Å². The Morgan fingerprint density at radius 2 is 1.72 bits per heavy atom. The molecular formula is C27H20N2O7. The van der Waals surface area contributed by atoms with Crippen LogP contribution in [0.4, 0.5) is 0 Å². The average molecular weight is 484 g/mol. The number of hydrogen-bond acceptors (Lipinski definition) is 9. The monoisotopic (exact) mass is 484 g/mol. The first-order valence-electron chi connectivity index (χ1n) is 11.0. The summed E-state index contributed by atoms with van der Waals surface area (Å²) in [5.74, 6) is -3.90. The van der Waals surface area contributed by atoms with E-state index in [1.165, 1.54) is 25.6 Å². The van der Waals surface area contributed by atoms with Crippen molar-refractivity contribution in [1.82, 2.24) is 9.97 Å². The van der Waals surface area contributed by atoms with Crippen LogP contribution in [-0.4, -0.2) is 38.4 Å². The summed E-state index contributed by atoms with van der Waals surface area (Å²) in [5.41, 5.74) is 1.13. The number of aromatic hydroxyl groups is 3. The highest BCUT2D eigenvalue weighted by Gasteiger charge is 2.32. The Bertz CT molecular complexity index is 1670. The number of esters is 1. The lowest BCUT2D eigenvalue weighted by Gasteiger charge is -2.21. The van der Waals surface area contributed by atoms with E-state index in [4.69, 9.17) is 9.15 Å². The van der Waals surface area contributed by atoms with E-state index in [0.717, 1.165) is 0 Å². The number of hydrogen-bond donors (Lipinski definition) is 3. The molecule has 0 aliphatic carbocycles. The first kappa shape index (κ1) is 22.9. The van der Waals surface area contributed by atoms with E-state index in [9.17, 15) is 24.9 Å². The van der Waals surface area contributed by atoms with Crippen LogP contribution in [0.1, 0.15) is 23.5 Å². The molecule has 0 radical (unpaired) electrons. The van der Waals surface area contributed by atoms with Gasteiger partial charge in [-0.1, -0.05) is 42.5 Å². The second kappa shape index (κ2) is 9.03. The van der Waals surface area contributed by atoms with E-state index in [1.807, 2.05) is 0 Å². The lowest BCUT2D eigenvalue weighted by atomic mass is 9.85. The second-order valence-corrected chi connectivity index (χ2v) is 8.11. The van der Waals surface area contributed by atoms with Crippen molar-refractivity contribution in [2.24, 2.45) is 0 Å². The highest BCUT2D eigenvalue weighted by molar-refractivity contribution is 5.94. The molecule has 5 rings (SSSR count). The molecule has 2 heterocycles. The minimum absolute atomic E-state index is 0.0706. The van der Waals surface area contributed by atoms with Crippen molar-refractivity contribution >= 4 is 28.0 Å². The van der Waals surface area contributed by atoms with Gasteiger partial charge in [0, 0.05) is 35.5 Å². The summed E-state index contributed by atoms with van der Waals surface area (Å²) < 4.78 is 11.0. The second-order valence-electron chi connectivity index (χ2n) is 8.11. The van der Waals surface area contributed by atoms with E-state index >= 15 is 0 Å². The maximum absolute atomic E-state index is 13.1. The number of carbonyl (C=O) groups excluding carboxylic acids is 1. The molecule has 0 amide bonds. The van der Waals surface area contributed by atoms with Gasteiger partial charge in [-0.25, -0.2) is 0 Å². The SMILES string of the molecule is COC(=O)C[C@@H](c1cccc2nccnc12)c1c(O)c(O)c(O)c2c(=O)cc(-c3ccccc3)oc12. The predicted molar refractivity (Wildman–Crippen MR) is 131 cm³/mol. The van der Waals surface area contributed by atoms with Gasteiger partial charge in [-0.2, -0.15) is 0 Å². The van der Waals surface area contributed by atoms with Gasteiger partial charge >= 0.3 is 5.97 Å². The van der Waals surface area contributed by atoms with Crippen LogP contribution in [0.25, 0.3) is 33.3 Å². The number of carbonyl (C=O) groups is 1. The fraction of sp³-hybridized carbons (Fsp3) is 0.111. The van der Waals surface area contributed by atoms with Gasteiger partial charge in [0.1, 0.15) is 16.7 Å². The summed E-state index contributed by atoms with van der Waals surface area (Å²) in [6, 6.07) is 15.1. The van der Waals surface area contributed by atoms with Gasteiger partial charge in [-0.05, 0) is 11.6 Å². The molecule has 3 N–H and O–H groups in total. The zero-order valence-electron chi connectivity index (χ0n) is 19.0. The minimum Gasteiger partial charge on any atom is -0.504 e. The molecule has 0 fully saturated rings. The number of ether oxygens (including phenoxy) is 1. The molecule has 0 unspecified atom stereocenters. The van der Waals surface area contributed by atoms with Gasteiger partial charge < -0.3 is 24.5 Å². The number of fused-ring (bicyclic) bond motifs is 2. The lowest BCUT2D eigenvalue weighted by molar-refractivity contribution is -0.140. The van der Waals surface area contributed by atoms with Crippen LogP contribution in [-0.2, 0) is 9.53 Å². The molecule has 0 aliphatic rings. The largest absolute Gasteiger partial charge is 0.504 e. The van der Waals surface area contributed by atoms with Gasteiger partial charge in [0.2, 0.25) is 5.75 Å². The Labute approximate surface area is 203 Å². The van der Waals surface area contributed by atoms with Crippen molar-refractivity contribution in [3.8, 4) is 28.6 Å². The Hall–Kier alpha value is -4.92. The molecule has 2 aromatic heterocycles. The van der Waals surface area contributed by atoms with Crippen LogP contribution in [0.3, 0.4) is 0 Å². The normalized spacial score (nSPS) is 12.0. The van der Waals surface area contributed by atoms with E-state index in [2.05, 4.69) is 9.97 Å². The maximum atomic E-state index is 13.1. The number of methoxy groups -OCH3 is 1. The fourth-order valence-corrected chi connectivity index (χ4v) is 4.35. The molecule has 0 spiro atoms. The van der Waals surface area contributed by atoms with Crippen molar-refractivity contribution in [3.05, 3.63) is 88.3 Å². The third-order valence-corrected chi connectivity index (χ3v) is 6.04. The van der Waals surface area contributed by atoms with Gasteiger partial charge in [0.15, 0.2) is 16.9 Å². The Balaban J connectivity index is 1.90. The molecule has 9 nitrogen and oxygen atoms in total. The van der Waals surface area contributed by atoms with Crippen LogP contribution in [0.5, 0.6) is 17.2 Å². The molecular weight excluding hydrogens is 464 g/mol. The van der Waals surface area contributed by atoms with E-state index < -0.39 is 34.6 Å². The number of aromatic nitrogens is 2. The zero-order chi connectivity index (χ0) is 25.4. The number of rotatable bonds is 5. The molecule has 180 valence electrons. The maximum Gasteiger partial charge on any atom is 0.306 e. The van der Waals surface area contributed by atoms with Gasteiger partial charge in [-0.3, -0.25) is 19.6 Å². The molecule has 1 atom stereocenters. The zero-order valence-corrected chi connectivity index (χ0v) is 19.0. The van der Waals surface area contributed by atoms with Gasteiger partial charge in [0.05, 0.1) is 24.6 Å². The Morgan fingerprint density at radius 1 is 0.972 bits per heavy atom. The first-order chi connectivity index (χ1) is 17.4. The lowest BCUT2D eigenvalue weighted by Crippen LogP contribution is -2.13. The third kappa shape index (κ3) is 3.76. The van der Waals surface area contributed by atoms with E-state index in [0.29, 0.717) is 22.2 Å². The van der Waals surface area contributed by atoms with Crippen LogP contribution in [0.15, 0.2) is 76.2 Å². The third-order valence-electron chi connectivity index (χ3n) is 6.04. The smallest absolute Gasteiger partial charge is 0.306 e. The van der Waals surface area contributed by atoms with Crippen molar-refractivity contribution in [2.75, 3.05) is 7.11 Å². The number of para-hydroxylation sites is 1. The summed E-state index contributed by atoms with van der Waals surface area (Å²) in [5, 5.41) is 31.9. The molecule has 9 heteroatoms. The van der Waals surface area contributed by atoms with Crippen LogP contribution >= 0.6 is 0 Å². The van der Waals surface area contributed by atoms with Crippen LogP contribution in [0, 0.1) is 0 Å². The molecule has 0 aliphatic heterocycles. The number of phenolic OH excluding ortho intramolecular Hbond substituents is 3. The first-order valence-corrected chi connectivity index (χ1v) is 11.0. The number of benzene rings is 3. The highest BCUT2D eigenvalue weighted by Crippen LogP contribution is 2.49. The van der Waals surface area contributed by atoms with Crippen LogP contribution < -0.4 is 5.43 Å². The van der Waals surface area contributed by atoms with E-state index in [-0.39, 0.29) is 28.7 Å². The standard InChI is InChI=1S/C27H20N2O7/c1-35-20(31)12-16(15-8-5-9-17-23(15)29-11-10-28-17)21-24(32)26(34)25(33)22-18(30)13-19(36-27(21)22)14-6-3-2-4-7-14/h2-11,13,16,32-34H,12H2,1H3/t16-/m0/s1. The summed E-state index contributed by atoms with van der Waals surface area (Å²) in [4.78, 5) is 34.3. The van der Waals surface area contributed by atoms with Gasteiger partial charge in [-0.15, -0.1) is 0 Å².